The Morgan fingerprint density at radius 3 is 2.59 bits per heavy atom. The van der Waals surface area contributed by atoms with Crippen LogP contribution in [0.25, 0.3) is 22.6 Å². The van der Waals surface area contributed by atoms with E-state index in [1.54, 1.807) is 24.4 Å². The van der Waals surface area contributed by atoms with Crippen LogP contribution < -0.4 is 4.74 Å². The van der Waals surface area contributed by atoms with Crippen LogP contribution in [-0.4, -0.2) is 37.8 Å². The molecule has 0 bridgehead atoms. The zero-order valence-corrected chi connectivity index (χ0v) is 15.0. The molecule has 0 unspecified atom stereocenters. The average Bonchev–Trinajstić information content (AvgIpc) is 3.06. The van der Waals surface area contributed by atoms with Crippen molar-refractivity contribution in [2.75, 3.05) is 7.11 Å². The predicted octanol–water partition coefficient (Wildman–Crippen LogP) is 3.63. The number of aromatic nitrogens is 4. The zero-order chi connectivity index (χ0) is 19.7. The molecule has 4 rings (SSSR count). The second-order valence-electron chi connectivity index (χ2n) is 6.68. The molecule has 2 aromatic heterocycles. The van der Waals surface area contributed by atoms with Gasteiger partial charge in [0.15, 0.2) is 0 Å². The molecule has 1 aliphatic carbocycles. The van der Waals surface area contributed by atoms with Crippen molar-refractivity contribution < 1.29 is 15.6 Å². The first-order chi connectivity index (χ1) is 13.6. The molecule has 1 saturated carbocycles. The van der Waals surface area contributed by atoms with Gasteiger partial charge in [0.05, 0.1) is 36.6 Å². The Balaban J connectivity index is 1.89. The Labute approximate surface area is 158 Å². The molecule has 27 heavy (non-hydrogen) atoms. The minimum Gasteiger partial charge on any atom is -0.467 e. The topological polar surface area (TPSA) is 73.1 Å². The summed E-state index contributed by atoms with van der Waals surface area (Å²) < 4.78 is 28.9. The summed E-state index contributed by atoms with van der Waals surface area (Å²) in [5.41, 5.74) is 2.54. The summed E-state index contributed by atoms with van der Waals surface area (Å²) in [7, 11) is 1.50. The Morgan fingerprint density at radius 2 is 1.89 bits per heavy atom. The molecule has 3 aromatic rings. The third kappa shape index (κ3) is 3.55. The quantitative estimate of drug-likeness (QED) is 0.760. The molecular formula is C20H21FN4O2. The van der Waals surface area contributed by atoms with E-state index in [4.69, 9.17) is 6.11 Å². The highest BCUT2D eigenvalue weighted by Crippen LogP contribution is 2.37. The molecule has 0 atom stereocenters. The Morgan fingerprint density at radius 1 is 1.15 bits per heavy atom. The Bertz CT molecular complexity index is 969. The maximum Gasteiger partial charge on any atom is 0.316 e. The number of imidazole rings is 1. The third-order valence-corrected chi connectivity index (χ3v) is 4.94. The third-order valence-electron chi connectivity index (χ3n) is 4.94. The van der Waals surface area contributed by atoms with E-state index in [0.29, 0.717) is 35.5 Å². The fourth-order valence-electron chi connectivity index (χ4n) is 3.53. The number of methoxy groups -OCH3 is 1. The Kier molecular flexibility index (Phi) is 4.51. The second-order valence-corrected chi connectivity index (χ2v) is 6.68. The summed E-state index contributed by atoms with van der Waals surface area (Å²) in [5.74, 6) is -0.333. The van der Waals surface area contributed by atoms with Gasteiger partial charge in [-0.3, -0.25) is 0 Å². The van der Waals surface area contributed by atoms with Crippen molar-refractivity contribution in [2.45, 2.75) is 37.8 Å². The molecule has 140 valence electrons. The lowest BCUT2D eigenvalue weighted by Gasteiger charge is -2.27. The van der Waals surface area contributed by atoms with Gasteiger partial charge in [-0.1, -0.05) is 0 Å². The van der Waals surface area contributed by atoms with Crippen LogP contribution in [0.2, 0.25) is 0 Å². The van der Waals surface area contributed by atoms with E-state index in [2.05, 4.69) is 15.0 Å². The SMILES string of the molecule is [2H]c1nc(-c2ccc(F)cc2)c(-c2ccnc(OC)n2)n1C1CCC(O)CC1. The molecule has 1 N–H and O–H groups in total. The molecule has 6 nitrogen and oxygen atoms in total. The summed E-state index contributed by atoms with van der Waals surface area (Å²) in [5, 5.41) is 9.86. The van der Waals surface area contributed by atoms with Crippen LogP contribution in [0.1, 0.15) is 33.1 Å². The van der Waals surface area contributed by atoms with Crippen LogP contribution in [0, 0.1) is 5.82 Å². The summed E-state index contributed by atoms with van der Waals surface area (Å²) in [6.45, 7) is 0. The van der Waals surface area contributed by atoms with E-state index in [9.17, 15) is 9.50 Å². The van der Waals surface area contributed by atoms with E-state index >= 15 is 0 Å². The van der Waals surface area contributed by atoms with E-state index in [1.165, 1.54) is 19.2 Å². The number of halogens is 1. The van der Waals surface area contributed by atoms with E-state index in [0.717, 1.165) is 12.8 Å². The molecule has 1 aromatic carbocycles. The van der Waals surface area contributed by atoms with Crippen molar-refractivity contribution in [1.29, 1.82) is 0 Å². The summed E-state index contributed by atoms with van der Waals surface area (Å²) >= 11 is 0. The fraction of sp³-hybridized carbons (Fsp3) is 0.350. The van der Waals surface area contributed by atoms with Crippen molar-refractivity contribution in [2.24, 2.45) is 0 Å². The number of hydrogen-bond acceptors (Lipinski definition) is 5. The van der Waals surface area contributed by atoms with Gasteiger partial charge in [-0.05, 0) is 56.0 Å². The van der Waals surface area contributed by atoms with Crippen LogP contribution in [-0.2, 0) is 0 Å². The fourth-order valence-corrected chi connectivity index (χ4v) is 3.53. The van der Waals surface area contributed by atoms with Crippen molar-refractivity contribution in [1.82, 2.24) is 19.5 Å². The summed E-state index contributed by atoms with van der Waals surface area (Å²) in [4.78, 5) is 13.0. The summed E-state index contributed by atoms with van der Waals surface area (Å²) in [6, 6.07) is 8.05. The van der Waals surface area contributed by atoms with Crippen LogP contribution >= 0.6 is 0 Å². The average molecular weight is 369 g/mol. The smallest absolute Gasteiger partial charge is 0.316 e. The maximum atomic E-state index is 13.4. The molecule has 0 radical (unpaired) electrons. The van der Waals surface area contributed by atoms with Gasteiger partial charge < -0.3 is 14.4 Å². The molecule has 0 aliphatic heterocycles. The predicted molar refractivity (Wildman–Crippen MR) is 98.7 cm³/mol. The van der Waals surface area contributed by atoms with Gasteiger partial charge in [-0.15, -0.1) is 0 Å². The number of nitrogens with zero attached hydrogens (tertiary/aromatic N) is 4. The first-order valence-electron chi connectivity index (χ1n) is 9.47. The monoisotopic (exact) mass is 369 g/mol. The molecule has 0 amide bonds. The lowest BCUT2D eigenvalue weighted by molar-refractivity contribution is 0.111. The second kappa shape index (κ2) is 7.44. The molecule has 7 heteroatoms. The van der Waals surface area contributed by atoms with Gasteiger partial charge in [-0.25, -0.2) is 14.4 Å². The highest BCUT2D eigenvalue weighted by molar-refractivity contribution is 5.77. The van der Waals surface area contributed by atoms with Crippen molar-refractivity contribution in [3.8, 4) is 28.7 Å². The van der Waals surface area contributed by atoms with Gasteiger partial charge in [0, 0.05) is 17.8 Å². The highest BCUT2D eigenvalue weighted by atomic mass is 19.1. The number of ether oxygens (including phenoxy) is 1. The van der Waals surface area contributed by atoms with Crippen molar-refractivity contribution in [3.63, 3.8) is 0 Å². The minimum atomic E-state index is -0.333. The maximum absolute atomic E-state index is 13.4. The van der Waals surface area contributed by atoms with Gasteiger partial charge in [0.25, 0.3) is 0 Å². The van der Waals surface area contributed by atoms with Crippen LogP contribution in [0.5, 0.6) is 6.01 Å². The molecular weight excluding hydrogens is 347 g/mol. The summed E-state index contributed by atoms with van der Waals surface area (Å²) in [6.07, 6.45) is 4.28. The number of rotatable bonds is 4. The molecule has 1 fully saturated rings. The molecule has 0 spiro atoms. The largest absolute Gasteiger partial charge is 0.467 e. The van der Waals surface area contributed by atoms with Gasteiger partial charge >= 0.3 is 6.01 Å². The molecule has 0 saturated heterocycles. The lowest BCUT2D eigenvalue weighted by Crippen LogP contribution is -2.21. The van der Waals surface area contributed by atoms with Crippen molar-refractivity contribution in [3.05, 3.63) is 48.6 Å². The normalized spacial score (nSPS) is 20.3. The van der Waals surface area contributed by atoms with E-state index in [1.807, 2.05) is 4.57 Å². The van der Waals surface area contributed by atoms with E-state index in [-0.39, 0.29) is 30.3 Å². The van der Waals surface area contributed by atoms with E-state index < -0.39 is 0 Å². The Hall–Kier alpha value is -2.80. The lowest BCUT2D eigenvalue weighted by atomic mass is 9.92. The first kappa shape index (κ1) is 16.4. The van der Waals surface area contributed by atoms with Crippen LogP contribution in [0.4, 0.5) is 4.39 Å². The standard InChI is InChI=1S/C20H21FN4O2/c1-27-20-22-11-10-17(24-20)19-18(13-2-4-14(21)5-3-13)23-12-25(19)15-6-8-16(26)9-7-15/h2-5,10-12,15-16,26H,6-9H2,1H3/i12D. The number of hydrogen-bond donors (Lipinski definition) is 1. The van der Waals surface area contributed by atoms with Gasteiger partial charge in [0.2, 0.25) is 0 Å². The van der Waals surface area contributed by atoms with Gasteiger partial charge in [0.1, 0.15) is 7.19 Å². The number of benzene rings is 1. The molecule has 2 heterocycles. The van der Waals surface area contributed by atoms with Gasteiger partial charge in [-0.2, -0.15) is 4.98 Å². The van der Waals surface area contributed by atoms with Crippen LogP contribution in [0.3, 0.4) is 0 Å². The first-order valence-corrected chi connectivity index (χ1v) is 8.97. The number of aliphatic hydroxyl groups is 1. The van der Waals surface area contributed by atoms with Crippen LogP contribution in [0.15, 0.2) is 42.8 Å². The minimum absolute atomic E-state index is 0.0357. The molecule has 1 aliphatic rings. The highest BCUT2D eigenvalue weighted by Gasteiger charge is 2.26. The number of aliphatic hydroxyl groups excluding tert-OH is 1. The zero-order valence-electron chi connectivity index (χ0n) is 16.0. The van der Waals surface area contributed by atoms with Crippen molar-refractivity contribution >= 4 is 0 Å².